The first-order chi connectivity index (χ1) is 10.6. The Bertz CT molecular complexity index is 653. The summed E-state index contributed by atoms with van der Waals surface area (Å²) in [7, 11) is 1.77. The highest BCUT2D eigenvalue weighted by Gasteiger charge is 2.16. The Morgan fingerprint density at radius 3 is 2.82 bits per heavy atom. The maximum Gasteiger partial charge on any atom is 0.269 e. The van der Waals surface area contributed by atoms with Crippen LogP contribution in [0, 0.1) is 6.92 Å². The highest BCUT2D eigenvalue weighted by Crippen LogP contribution is 2.21. The van der Waals surface area contributed by atoms with Gasteiger partial charge in [-0.1, -0.05) is 0 Å². The number of carbonyl (C=O) groups is 1. The summed E-state index contributed by atoms with van der Waals surface area (Å²) in [6, 6.07) is 5.52. The second-order valence-corrected chi connectivity index (χ2v) is 5.75. The van der Waals surface area contributed by atoms with Crippen molar-refractivity contribution in [2.75, 3.05) is 26.2 Å². The zero-order valence-corrected chi connectivity index (χ0v) is 13.1. The second-order valence-electron chi connectivity index (χ2n) is 5.75. The van der Waals surface area contributed by atoms with Gasteiger partial charge in [-0.05, 0) is 45.0 Å². The van der Waals surface area contributed by atoms with E-state index in [1.165, 1.54) is 12.8 Å². The molecule has 2 aromatic heterocycles. The number of hydrogen-bond donors (Lipinski definition) is 1. The molecular weight excluding hydrogens is 280 g/mol. The number of amides is 1. The summed E-state index contributed by atoms with van der Waals surface area (Å²) >= 11 is 0. The van der Waals surface area contributed by atoms with E-state index in [1.807, 2.05) is 19.1 Å². The highest BCUT2D eigenvalue weighted by atomic mass is 16.3. The highest BCUT2D eigenvalue weighted by molar-refractivity contribution is 5.93. The molecule has 0 saturated carbocycles. The molecule has 0 aromatic carbocycles. The average molecular weight is 302 g/mol. The molecule has 1 fully saturated rings. The topological polar surface area (TPSA) is 63.3 Å². The summed E-state index contributed by atoms with van der Waals surface area (Å²) in [6.45, 7) is 5.75. The van der Waals surface area contributed by atoms with Gasteiger partial charge in [-0.15, -0.1) is 0 Å². The Labute approximate surface area is 130 Å². The van der Waals surface area contributed by atoms with Crippen molar-refractivity contribution in [3.8, 4) is 11.5 Å². The minimum atomic E-state index is -0.0938. The molecule has 1 saturated heterocycles. The molecule has 0 bridgehead atoms. The van der Waals surface area contributed by atoms with Gasteiger partial charge in [-0.3, -0.25) is 9.48 Å². The van der Waals surface area contributed by atoms with Gasteiger partial charge in [0.1, 0.15) is 17.1 Å². The van der Waals surface area contributed by atoms with Crippen molar-refractivity contribution in [2.45, 2.75) is 19.8 Å². The molecule has 1 N–H and O–H groups in total. The molecule has 1 aliphatic heterocycles. The van der Waals surface area contributed by atoms with Crippen molar-refractivity contribution in [1.82, 2.24) is 20.0 Å². The SMILES string of the molecule is Cc1ccc(-c2cc(C(=O)NCCN3CCCC3)n(C)n2)o1. The van der Waals surface area contributed by atoms with Crippen molar-refractivity contribution in [3.05, 3.63) is 29.7 Å². The summed E-state index contributed by atoms with van der Waals surface area (Å²) in [4.78, 5) is 14.6. The van der Waals surface area contributed by atoms with Crippen LogP contribution in [0.25, 0.3) is 11.5 Å². The summed E-state index contributed by atoms with van der Waals surface area (Å²) in [5.41, 5.74) is 1.23. The maximum absolute atomic E-state index is 12.3. The van der Waals surface area contributed by atoms with Crippen molar-refractivity contribution in [1.29, 1.82) is 0 Å². The van der Waals surface area contributed by atoms with E-state index in [1.54, 1.807) is 17.8 Å². The summed E-state index contributed by atoms with van der Waals surface area (Å²) in [6.07, 6.45) is 2.53. The Balaban J connectivity index is 1.61. The number of nitrogens with zero attached hydrogens (tertiary/aromatic N) is 3. The Morgan fingerprint density at radius 1 is 1.36 bits per heavy atom. The van der Waals surface area contributed by atoms with Gasteiger partial charge in [0.05, 0.1) is 0 Å². The van der Waals surface area contributed by atoms with Crippen LogP contribution in [0.15, 0.2) is 22.6 Å². The van der Waals surface area contributed by atoms with Crippen LogP contribution in [0.2, 0.25) is 0 Å². The number of rotatable bonds is 5. The molecule has 2 aromatic rings. The van der Waals surface area contributed by atoms with Crippen molar-refractivity contribution in [3.63, 3.8) is 0 Å². The first-order valence-electron chi connectivity index (χ1n) is 7.75. The Kier molecular flexibility index (Phi) is 4.29. The lowest BCUT2D eigenvalue weighted by Crippen LogP contribution is -2.34. The first-order valence-corrected chi connectivity index (χ1v) is 7.75. The van der Waals surface area contributed by atoms with Crippen molar-refractivity contribution in [2.24, 2.45) is 7.05 Å². The summed E-state index contributed by atoms with van der Waals surface area (Å²) in [5.74, 6) is 1.42. The van der Waals surface area contributed by atoms with Crippen LogP contribution in [0.5, 0.6) is 0 Å². The minimum Gasteiger partial charge on any atom is -0.460 e. The van der Waals surface area contributed by atoms with E-state index >= 15 is 0 Å². The predicted octanol–water partition coefficient (Wildman–Crippen LogP) is 1.81. The van der Waals surface area contributed by atoms with E-state index in [-0.39, 0.29) is 5.91 Å². The Hall–Kier alpha value is -2.08. The molecule has 0 spiro atoms. The number of nitrogens with one attached hydrogen (secondary N) is 1. The van der Waals surface area contributed by atoms with Gasteiger partial charge in [0.2, 0.25) is 0 Å². The fraction of sp³-hybridized carbons (Fsp3) is 0.500. The smallest absolute Gasteiger partial charge is 0.269 e. The van der Waals surface area contributed by atoms with E-state index < -0.39 is 0 Å². The number of aromatic nitrogens is 2. The van der Waals surface area contributed by atoms with Crippen molar-refractivity contribution >= 4 is 5.91 Å². The zero-order valence-electron chi connectivity index (χ0n) is 13.1. The molecule has 22 heavy (non-hydrogen) atoms. The lowest BCUT2D eigenvalue weighted by Gasteiger charge is -2.14. The fourth-order valence-corrected chi connectivity index (χ4v) is 2.80. The predicted molar refractivity (Wildman–Crippen MR) is 83.7 cm³/mol. The normalized spacial score (nSPS) is 15.4. The van der Waals surface area contributed by atoms with Crippen LogP contribution in [0.1, 0.15) is 29.1 Å². The summed E-state index contributed by atoms with van der Waals surface area (Å²) < 4.78 is 7.15. The monoisotopic (exact) mass is 302 g/mol. The third-order valence-electron chi connectivity index (χ3n) is 4.02. The number of aryl methyl sites for hydroxylation is 2. The molecule has 6 heteroatoms. The molecular formula is C16H22N4O2. The molecule has 0 atom stereocenters. The quantitative estimate of drug-likeness (QED) is 0.915. The molecule has 3 heterocycles. The zero-order chi connectivity index (χ0) is 15.5. The molecule has 118 valence electrons. The number of furan rings is 1. The van der Waals surface area contributed by atoms with Gasteiger partial charge >= 0.3 is 0 Å². The Morgan fingerprint density at radius 2 is 2.14 bits per heavy atom. The van der Waals surface area contributed by atoms with E-state index in [0.717, 1.165) is 25.4 Å². The van der Waals surface area contributed by atoms with Crippen molar-refractivity contribution < 1.29 is 9.21 Å². The van der Waals surface area contributed by atoms with E-state index in [9.17, 15) is 4.79 Å². The molecule has 6 nitrogen and oxygen atoms in total. The fourth-order valence-electron chi connectivity index (χ4n) is 2.80. The third-order valence-corrected chi connectivity index (χ3v) is 4.02. The largest absolute Gasteiger partial charge is 0.460 e. The molecule has 1 aliphatic rings. The molecule has 1 amide bonds. The number of hydrogen-bond acceptors (Lipinski definition) is 4. The molecule has 0 unspecified atom stereocenters. The molecule has 0 radical (unpaired) electrons. The maximum atomic E-state index is 12.3. The van der Waals surface area contributed by atoms with Crippen LogP contribution in [-0.2, 0) is 7.05 Å². The van der Waals surface area contributed by atoms with Gasteiger partial charge in [-0.25, -0.2) is 0 Å². The number of likely N-dealkylation sites (tertiary alicyclic amines) is 1. The van der Waals surface area contributed by atoms with E-state index in [2.05, 4.69) is 15.3 Å². The van der Waals surface area contributed by atoms with Crippen LogP contribution in [0.3, 0.4) is 0 Å². The lowest BCUT2D eigenvalue weighted by molar-refractivity contribution is 0.0940. The first kappa shape index (κ1) is 14.8. The number of carbonyl (C=O) groups excluding carboxylic acids is 1. The molecule has 0 aliphatic carbocycles. The standard InChI is InChI=1S/C16H22N4O2/c1-12-5-6-15(22-12)13-11-14(19(2)18-13)16(21)17-7-10-20-8-3-4-9-20/h5-6,11H,3-4,7-10H2,1-2H3,(H,17,21). The van der Waals surface area contributed by atoms with Crippen LogP contribution in [-0.4, -0.2) is 46.8 Å². The van der Waals surface area contributed by atoms with E-state index in [4.69, 9.17) is 4.42 Å². The van der Waals surface area contributed by atoms with E-state index in [0.29, 0.717) is 23.7 Å². The van der Waals surface area contributed by atoms with Gasteiger partial charge in [0.15, 0.2) is 5.76 Å². The van der Waals surface area contributed by atoms with Gasteiger partial charge in [-0.2, -0.15) is 5.10 Å². The lowest BCUT2D eigenvalue weighted by atomic mass is 10.3. The average Bonchev–Trinajstić information content (AvgIpc) is 3.19. The summed E-state index contributed by atoms with van der Waals surface area (Å²) in [5, 5.41) is 7.32. The van der Waals surface area contributed by atoms with Crippen LogP contribution >= 0.6 is 0 Å². The van der Waals surface area contributed by atoms with Crippen LogP contribution < -0.4 is 5.32 Å². The van der Waals surface area contributed by atoms with Gasteiger partial charge in [0.25, 0.3) is 5.91 Å². The van der Waals surface area contributed by atoms with Gasteiger partial charge < -0.3 is 14.6 Å². The minimum absolute atomic E-state index is 0.0938. The third kappa shape index (κ3) is 3.22. The van der Waals surface area contributed by atoms with Crippen LogP contribution in [0.4, 0.5) is 0 Å². The molecule has 3 rings (SSSR count). The second kappa shape index (κ2) is 6.36. The van der Waals surface area contributed by atoms with Gasteiger partial charge in [0, 0.05) is 26.2 Å².